The topological polar surface area (TPSA) is 64.4 Å². The molecule has 142 valence electrons. The number of ether oxygens (including phenoxy) is 1. The molecule has 0 bridgehead atoms. The van der Waals surface area contributed by atoms with Crippen LogP contribution in [-0.2, 0) is 16.6 Å². The van der Waals surface area contributed by atoms with Crippen LogP contribution in [0.1, 0.15) is 51.4 Å². The van der Waals surface area contributed by atoms with E-state index in [9.17, 15) is 9.59 Å². The Kier molecular flexibility index (Phi) is 7.33. The number of rotatable bonds is 9. The standard InChI is InChI=1S/C20H29N3O3/c1-5-7-12-18(24)23(13-14-26-4)17(6-2)19-21-16-11-9-8-10-15(16)20(25)22(19)3/h8-11,17H,5-7,12-14H2,1-4H3. The molecule has 1 aromatic carbocycles. The summed E-state index contributed by atoms with van der Waals surface area (Å²) >= 11 is 0. The first-order chi connectivity index (χ1) is 12.5. The van der Waals surface area contributed by atoms with E-state index in [4.69, 9.17) is 9.72 Å². The van der Waals surface area contributed by atoms with E-state index in [0.29, 0.717) is 42.7 Å². The van der Waals surface area contributed by atoms with Gasteiger partial charge in [-0.1, -0.05) is 32.4 Å². The second kappa shape index (κ2) is 9.48. The molecule has 0 aliphatic carbocycles. The van der Waals surface area contributed by atoms with Crippen molar-refractivity contribution in [3.8, 4) is 0 Å². The van der Waals surface area contributed by atoms with Gasteiger partial charge in [0.25, 0.3) is 5.56 Å². The van der Waals surface area contributed by atoms with E-state index >= 15 is 0 Å². The van der Waals surface area contributed by atoms with Gasteiger partial charge >= 0.3 is 0 Å². The molecule has 1 heterocycles. The zero-order valence-electron chi connectivity index (χ0n) is 16.2. The maximum absolute atomic E-state index is 12.8. The third-order valence-corrected chi connectivity index (χ3v) is 4.68. The highest BCUT2D eigenvalue weighted by atomic mass is 16.5. The van der Waals surface area contributed by atoms with Crippen molar-refractivity contribution in [1.29, 1.82) is 0 Å². The van der Waals surface area contributed by atoms with Crippen molar-refractivity contribution in [3.63, 3.8) is 0 Å². The first kappa shape index (κ1) is 20.1. The van der Waals surface area contributed by atoms with Gasteiger partial charge in [0.2, 0.25) is 5.91 Å². The van der Waals surface area contributed by atoms with E-state index in [1.165, 1.54) is 0 Å². The minimum Gasteiger partial charge on any atom is -0.383 e. The van der Waals surface area contributed by atoms with E-state index in [1.807, 2.05) is 30.0 Å². The summed E-state index contributed by atoms with van der Waals surface area (Å²) in [5.41, 5.74) is 0.577. The monoisotopic (exact) mass is 359 g/mol. The second-order valence-corrected chi connectivity index (χ2v) is 6.46. The molecule has 0 aliphatic rings. The minimum absolute atomic E-state index is 0.0816. The predicted molar refractivity (Wildman–Crippen MR) is 103 cm³/mol. The van der Waals surface area contributed by atoms with Crippen molar-refractivity contribution >= 4 is 16.8 Å². The Morgan fingerprint density at radius 1 is 1.31 bits per heavy atom. The number of carbonyl (C=O) groups excluding carboxylic acids is 1. The lowest BCUT2D eigenvalue weighted by molar-refractivity contribution is -0.135. The molecule has 2 rings (SSSR count). The lowest BCUT2D eigenvalue weighted by Gasteiger charge is -2.31. The summed E-state index contributed by atoms with van der Waals surface area (Å²) in [6.07, 6.45) is 2.99. The molecule has 1 aromatic heterocycles. The second-order valence-electron chi connectivity index (χ2n) is 6.46. The molecule has 0 fully saturated rings. The molecule has 26 heavy (non-hydrogen) atoms. The highest BCUT2D eigenvalue weighted by Crippen LogP contribution is 2.24. The van der Waals surface area contributed by atoms with E-state index in [-0.39, 0.29) is 17.5 Å². The Bertz CT molecular complexity index is 800. The van der Waals surface area contributed by atoms with Gasteiger partial charge in [-0.25, -0.2) is 4.98 Å². The molecule has 6 heteroatoms. The average Bonchev–Trinajstić information content (AvgIpc) is 2.66. The number of benzene rings is 1. The Morgan fingerprint density at radius 3 is 2.69 bits per heavy atom. The fourth-order valence-electron chi connectivity index (χ4n) is 3.19. The normalized spacial score (nSPS) is 12.3. The van der Waals surface area contributed by atoms with Crippen LogP contribution < -0.4 is 5.56 Å². The predicted octanol–water partition coefficient (Wildman–Crippen LogP) is 3.05. The quantitative estimate of drug-likeness (QED) is 0.690. The number of fused-ring (bicyclic) bond motifs is 1. The van der Waals surface area contributed by atoms with Crippen LogP contribution >= 0.6 is 0 Å². The molecule has 1 amide bonds. The summed E-state index contributed by atoms with van der Waals surface area (Å²) < 4.78 is 6.77. The van der Waals surface area contributed by atoms with Crippen molar-refractivity contribution in [3.05, 3.63) is 40.4 Å². The third kappa shape index (κ3) is 4.30. The summed E-state index contributed by atoms with van der Waals surface area (Å²) in [5, 5.41) is 0.592. The van der Waals surface area contributed by atoms with Crippen LogP contribution in [0.3, 0.4) is 0 Å². The van der Waals surface area contributed by atoms with Crippen molar-refractivity contribution in [2.45, 2.75) is 45.6 Å². The van der Waals surface area contributed by atoms with E-state index < -0.39 is 0 Å². The van der Waals surface area contributed by atoms with Gasteiger partial charge < -0.3 is 9.64 Å². The van der Waals surface area contributed by atoms with Gasteiger partial charge in [0, 0.05) is 27.1 Å². The molecular formula is C20H29N3O3. The molecule has 0 saturated carbocycles. The van der Waals surface area contributed by atoms with Crippen molar-refractivity contribution < 1.29 is 9.53 Å². The number of hydrogen-bond donors (Lipinski definition) is 0. The number of nitrogens with zero attached hydrogens (tertiary/aromatic N) is 3. The fraction of sp³-hybridized carbons (Fsp3) is 0.550. The summed E-state index contributed by atoms with van der Waals surface area (Å²) in [4.78, 5) is 32.1. The van der Waals surface area contributed by atoms with E-state index in [0.717, 1.165) is 12.8 Å². The third-order valence-electron chi connectivity index (χ3n) is 4.68. The number of amides is 1. The Balaban J connectivity index is 2.49. The molecular weight excluding hydrogens is 330 g/mol. The van der Waals surface area contributed by atoms with Gasteiger partial charge in [0.1, 0.15) is 5.82 Å². The molecule has 0 spiro atoms. The van der Waals surface area contributed by atoms with Gasteiger partial charge in [-0.3, -0.25) is 14.2 Å². The maximum atomic E-state index is 12.8. The molecule has 6 nitrogen and oxygen atoms in total. The molecule has 0 aliphatic heterocycles. The van der Waals surface area contributed by atoms with Crippen molar-refractivity contribution in [2.75, 3.05) is 20.3 Å². The molecule has 0 radical (unpaired) electrons. The van der Waals surface area contributed by atoms with Gasteiger partial charge in [-0.15, -0.1) is 0 Å². The largest absolute Gasteiger partial charge is 0.383 e. The van der Waals surface area contributed by atoms with Crippen LogP contribution in [0.5, 0.6) is 0 Å². The summed E-state index contributed by atoms with van der Waals surface area (Å²) in [6.45, 7) is 5.02. The Hall–Kier alpha value is -2.21. The van der Waals surface area contributed by atoms with Crippen LogP contribution in [0.25, 0.3) is 10.9 Å². The smallest absolute Gasteiger partial charge is 0.261 e. The summed E-state index contributed by atoms with van der Waals surface area (Å²) in [5.74, 6) is 0.704. The molecule has 2 aromatic rings. The van der Waals surface area contributed by atoms with E-state index in [2.05, 4.69) is 6.92 Å². The highest BCUT2D eigenvalue weighted by Gasteiger charge is 2.27. The minimum atomic E-state index is -0.253. The Morgan fingerprint density at radius 2 is 2.04 bits per heavy atom. The van der Waals surface area contributed by atoms with Gasteiger partial charge in [0.05, 0.1) is 23.6 Å². The molecule has 1 atom stereocenters. The average molecular weight is 359 g/mol. The number of carbonyl (C=O) groups is 1. The van der Waals surface area contributed by atoms with Gasteiger partial charge in [-0.2, -0.15) is 0 Å². The zero-order chi connectivity index (χ0) is 19.1. The summed E-state index contributed by atoms with van der Waals surface area (Å²) in [7, 11) is 3.35. The number of unbranched alkanes of at least 4 members (excludes halogenated alkanes) is 1. The van der Waals surface area contributed by atoms with Crippen molar-refractivity contribution in [2.24, 2.45) is 7.05 Å². The lowest BCUT2D eigenvalue weighted by Crippen LogP contribution is -2.40. The molecule has 0 saturated heterocycles. The van der Waals surface area contributed by atoms with Gasteiger partial charge in [0.15, 0.2) is 0 Å². The maximum Gasteiger partial charge on any atom is 0.261 e. The molecule has 0 N–H and O–H groups in total. The number of aromatic nitrogens is 2. The number of hydrogen-bond acceptors (Lipinski definition) is 4. The van der Waals surface area contributed by atoms with Gasteiger partial charge in [-0.05, 0) is 25.0 Å². The van der Waals surface area contributed by atoms with Crippen molar-refractivity contribution in [1.82, 2.24) is 14.5 Å². The SMILES string of the molecule is CCCCC(=O)N(CCOC)C(CC)c1nc2ccccc2c(=O)n1C. The number of para-hydroxylation sites is 1. The summed E-state index contributed by atoms with van der Waals surface area (Å²) in [6, 6.07) is 7.07. The Labute approximate surface area is 154 Å². The van der Waals surface area contributed by atoms with E-state index in [1.54, 1.807) is 24.8 Å². The fourth-order valence-corrected chi connectivity index (χ4v) is 3.19. The lowest BCUT2D eigenvalue weighted by atomic mass is 10.1. The first-order valence-corrected chi connectivity index (χ1v) is 9.29. The highest BCUT2D eigenvalue weighted by molar-refractivity contribution is 5.78. The zero-order valence-corrected chi connectivity index (χ0v) is 16.2. The van der Waals surface area contributed by atoms with Crippen LogP contribution in [0, 0.1) is 0 Å². The van der Waals surface area contributed by atoms with Crippen LogP contribution in [0.15, 0.2) is 29.1 Å². The van der Waals surface area contributed by atoms with Crippen LogP contribution in [-0.4, -0.2) is 40.6 Å². The molecule has 1 unspecified atom stereocenters. The first-order valence-electron chi connectivity index (χ1n) is 9.29. The van der Waals surface area contributed by atoms with Crippen LogP contribution in [0.4, 0.5) is 0 Å². The number of methoxy groups -OCH3 is 1. The van der Waals surface area contributed by atoms with Crippen LogP contribution in [0.2, 0.25) is 0 Å².